The van der Waals surface area contributed by atoms with Crippen molar-refractivity contribution in [1.82, 2.24) is 9.55 Å². The standard InChI is InChI=1S/C20H20N2O2S/c1-13-10-14(2)12-16(11-13)22-19(24)17-6-4-5-7-18(17)21-20(22)25-9-8-15(3)23/h4-7,10-12H,8-9H2,1-3H3. The second-order valence-corrected chi connectivity index (χ2v) is 7.26. The van der Waals surface area contributed by atoms with Crippen LogP contribution in [0.25, 0.3) is 16.6 Å². The molecular weight excluding hydrogens is 332 g/mol. The highest BCUT2D eigenvalue weighted by Crippen LogP contribution is 2.23. The van der Waals surface area contributed by atoms with Crippen LogP contribution in [0.5, 0.6) is 0 Å². The van der Waals surface area contributed by atoms with Crippen LogP contribution in [0.1, 0.15) is 24.5 Å². The zero-order valence-electron chi connectivity index (χ0n) is 14.6. The molecule has 1 aromatic heterocycles. The number of para-hydroxylation sites is 1. The molecule has 0 aliphatic heterocycles. The highest BCUT2D eigenvalue weighted by molar-refractivity contribution is 7.99. The number of carbonyl (C=O) groups is 1. The summed E-state index contributed by atoms with van der Waals surface area (Å²) in [5.74, 6) is 0.735. The molecule has 0 N–H and O–H groups in total. The lowest BCUT2D eigenvalue weighted by molar-refractivity contribution is -0.116. The summed E-state index contributed by atoms with van der Waals surface area (Å²) in [6.07, 6.45) is 0.459. The maximum atomic E-state index is 13.1. The fraction of sp³-hybridized carbons (Fsp3) is 0.250. The molecule has 0 bridgehead atoms. The van der Waals surface area contributed by atoms with Gasteiger partial charge in [0.05, 0.1) is 16.6 Å². The first-order valence-electron chi connectivity index (χ1n) is 8.18. The van der Waals surface area contributed by atoms with Gasteiger partial charge in [-0.1, -0.05) is 30.0 Å². The minimum atomic E-state index is -0.0825. The van der Waals surface area contributed by atoms with E-state index in [-0.39, 0.29) is 11.3 Å². The molecule has 0 unspecified atom stereocenters. The number of hydrogen-bond acceptors (Lipinski definition) is 4. The van der Waals surface area contributed by atoms with Crippen molar-refractivity contribution in [2.45, 2.75) is 32.3 Å². The predicted octanol–water partition coefficient (Wildman–Crippen LogP) is 4.07. The number of fused-ring (bicyclic) bond motifs is 1. The Morgan fingerprint density at radius 2 is 1.80 bits per heavy atom. The number of ketones is 1. The fourth-order valence-electron chi connectivity index (χ4n) is 2.80. The third kappa shape index (κ3) is 3.82. The average Bonchev–Trinajstić information content (AvgIpc) is 2.54. The summed E-state index contributed by atoms with van der Waals surface area (Å²) in [7, 11) is 0. The molecule has 0 aliphatic rings. The second-order valence-electron chi connectivity index (χ2n) is 6.20. The van der Waals surface area contributed by atoms with Crippen molar-refractivity contribution < 1.29 is 4.79 Å². The second kappa shape index (κ2) is 7.23. The number of Topliss-reactive ketones (excluding diaryl/α,β-unsaturated/α-hetero) is 1. The summed E-state index contributed by atoms with van der Waals surface area (Å²) < 4.78 is 1.66. The summed E-state index contributed by atoms with van der Waals surface area (Å²) in [6.45, 7) is 5.60. The molecule has 0 saturated carbocycles. The Morgan fingerprint density at radius 1 is 1.12 bits per heavy atom. The zero-order valence-corrected chi connectivity index (χ0v) is 15.4. The smallest absolute Gasteiger partial charge is 0.266 e. The Labute approximate surface area is 150 Å². The molecule has 3 rings (SSSR count). The molecular formula is C20H20N2O2S. The van der Waals surface area contributed by atoms with Gasteiger partial charge in [-0.05, 0) is 56.2 Å². The van der Waals surface area contributed by atoms with Crippen LogP contribution in [-0.2, 0) is 4.79 Å². The Bertz CT molecular complexity index is 988. The van der Waals surface area contributed by atoms with Crippen LogP contribution in [0.2, 0.25) is 0 Å². The van der Waals surface area contributed by atoms with Gasteiger partial charge in [0.25, 0.3) is 5.56 Å². The van der Waals surface area contributed by atoms with E-state index in [0.717, 1.165) is 16.8 Å². The van der Waals surface area contributed by atoms with E-state index >= 15 is 0 Å². The summed E-state index contributed by atoms with van der Waals surface area (Å²) in [6, 6.07) is 13.4. The lowest BCUT2D eigenvalue weighted by Gasteiger charge is -2.14. The first kappa shape index (κ1) is 17.4. The predicted molar refractivity (Wildman–Crippen MR) is 103 cm³/mol. The highest BCUT2D eigenvalue weighted by atomic mass is 32.2. The van der Waals surface area contributed by atoms with Crippen molar-refractivity contribution in [1.29, 1.82) is 0 Å². The van der Waals surface area contributed by atoms with Crippen LogP contribution >= 0.6 is 11.8 Å². The average molecular weight is 352 g/mol. The monoisotopic (exact) mass is 352 g/mol. The molecule has 1 heterocycles. The lowest BCUT2D eigenvalue weighted by atomic mass is 10.1. The fourth-order valence-corrected chi connectivity index (χ4v) is 3.86. The Morgan fingerprint density at radius 3 is 2.48 bits per heavy atom. The van der Waals surface area contributed by atoms with Crippen LogP contribution in [-0.4, -0.2) is 21.1 Å². The van der Waals surface area contributed by atoms with Crippen molar-refractivity contribution in [2.75, 3.05) is 5.75 Å². The molecule has 2 aromatic carbocycles. The molecule has 5 heteroatoms. The summed E-state index contributed by atoms with van der Waals surface area (Å²) in [5.41, 5.74) is 3.59. The van der Waals surface area contributed by atoms with Crippen LogP contribution in [0.15, 0.2) is 52.4 Å². The number of rotatable bonds is 5. The number of carbonyl (C=O) groups excluding carboxylic acids is 1. The molecule has 0 atom stereocenters. The molecule has 0 aliphatic carbocycles. The van der Waals surface area contributed by atoms with Gasteiger partial charge in [-0.3, -0.25) is 14.2 Å². The van der Waals surface area contributed by atoms with E-state index < -0.39 is 0 Å². The van der Waals surface area contributed by atoms with Gasteiger partial charge in [0, 0.05) is 12.2 Å². The largest absolute Gasteiger partial charge is 0.300 e. The third-order valence-electron chi connectivity index (χ3n) is 3.89. The number of hydrogen-bond donors (Lipinski definition) is 0. The normalized spacial score (nSPS) is 11.0. The van der Waals surface area contributed by atoms with Gasteiger partial charge in [-0.25, -0.2) is 4.98 Å². The Balaban J connectivity index is 2.20. The van der Waals surface area contributed by atoms with E-state index in [2.05, 4.69) is 11.1 Å². The minimum absolute atomic E-state index is 0.0825. The number of nitrogens with zero attached hydrogens (tertiary/aromatic N) is 2. The number of thioether (sulfide) groups is 1. The van der Waals surface area contributed by atoms with Gasteiger partial charge < -0.3 is 0 Å². The SMILES string of the molecule is CC(=O)CCSc1nc2ccccc2c(=O)n1-c1cc(C)cc(C)c1. The van der Waals surface area contributed by atoms with Gasteiger partial charge >= 0.3 is 0 Å². The molecule has 0 radical (unpaired) electrons. The van der Waals surface area contributed by atoms with E-state index in [1.807, 2.05) is 44.2 Å². The first-order valence-corrected chi connectivity index (χ1v) is 9.17. The van der Waals surface area contributed by atoms with E-state index in [4.69, 9.17) is 0 Å². The molecule has 128 valence electrons. The lowest BCUT2D eigenvalue weighted by Crippen LogP contribution is -2.22. The van der Waals surface area contributed by atoms with Crippen molar-refractivity contribution in [3.8, 4) is 5.69 Å². The van der Waals surface area contributed by atoms with Gasteiger partial charge in [-0.2, -0.15) is 0 Å². The van der Waals surface area contributed by atoms with Crippen molar-refractivity contribution in [3.05, 3.63) is 63.9 Å². The molecule has 0 amide bonds. The minimum Gasteiger partial charge on any atom is -0.300 e. The van der Waals surface area contributed by atoms with Crippen LogP contribution < -0.4 is 5.56 Å². The molecule has 0 spiro atoms. The third-order valence-corrected chi connectivity index (χ3v) is 4.84. The molecule has 0 saturated heterocycles. The number of aromatic nitrogens is 2. The van der Waals surface area contributed by atoms with Gasteiger partial charge in [-0.15, -0.1) is 0 Å². The van der Waals surface area contributed by atoms with Crippen molar-refractivity contribution >= 4 is 28.4 Å². The maximum absolute atomic E-state index is 13.1. The van der Waals surface area contributed by atoms with Gasteiger partial charge in [0.1, 0.15) is 5.78 Å². The highest BCUT2D eigenvalue weighted by Gasteiger charge is 2.14. The van der Waals surface area contributed by atoms with Gasteiger partial charge in [0.15, 0.2) is 5.16 Å². The molecule has 0 fully saturated rings. The van der Waals surface area contributed by atoms with Crippen molar-refractivity contribution in [2.24, 2.45) is 0 Å². The maximum Gasteiger partial charge on any atom is 0.266 e. The Hall–Kier alpha value is -2.40. The van der Waals surface area contributed by atoms with E-state index in [9.17, 15) is 9.59 Å². The summed E-state index contributed by atoms with van der Waals surface area (Å²) >= 11 is 1.44. The van der Waals surface area contributed by atoms with Gasteiger partial charge in [0.2, 0.25) is 0 Å². The van der Waals surface area contributed by atoms with Crippen molar-refractivity contribution in [3.63, 3.8) is 0 Å². The zero-order chi connectivity index (χ0) is 18.0. The summed E-state index contributed by atoms with van der Waals surface area (Å²) in [4.78, 5) is 29.1. The first-order chi connectivity index (χ1) is 12.0. The van der Waals surface area contributed by atoms with E-state index in [1.165, 1.54) is 11.8 Å². The van der Waals surface area contributed by atoms with E-state index in [1.54, 1.807) is 17.6 Å². The van der Waals surface area contributed by atoms with E-state index in [0.29, 0.717) is 28.2 Å². The van der Waals surface area contributed by atoms with Crippen LogP contribution in [0.4, 0.5) is 0 Å². The number of aryl methyl sites for hydroxylation is 2. The van der Waals surface area contributed by atoms with Crippen LogP contribution in [0, 0.1) is 13.8 Å². The number of benzene rings is 2. The topological polar surface area (TPSA) is 52.0 Å². The molecule has 3 aromatic rings. The quantitative estimate of drug-likeness (QED) is 0.513. The molecule has 25 heavy (non-hydrogen) atoms. The van der Waals surface area contributed by atoms with Crippen LogP contribution in [0.3, 0.4) is 0 Å². The summed E-state index contributed by atoms with van der Waals surface area (Å²) in [5, 5.41) is 1.22. The Kier molecular flexibility index (Phi) is 5.04. The molecule has 4 nitrogen and oxygen atoms in total.